The van der Waals surface area contributed by atoms with Gasteiger partial charge >= 0.3 is 0 Å². The number of hydrogen-bond acceptors (Lipinski definition) is 4. The number of H-pyrrole nitrogens is 1. The van der Waals surface area contributed by atoms with E-state index < -0.39 is 0 Å². The number of hydrogen-bond donors (Lipinski definition) is 2. The van der Waals surface area contributed by atoms with E-state index in [-0.39, 0.29) is 5.91 Å². The van der Waals surface area contributed by atoms with Crippen molar-refractivity contribution < 1.29 is 9.21 Å². The molecular weight excluding hydrogens is 292 g/mol. The smallest absolute Gasteiger partial charge is 0.272 e. The maximum atomic E-state index is 12.2. The van der Waals surface area contributed by atoms with Crippen LogP contribution < -0.4 is 5.32 Å². The lowest BCUT2D eigenvalue weighted by Gasteiger charge is -2.05. The van der Waals surface area contributed by atoms with Gasteiger partial charge in [0.25, 0.3) is 5.91 Å². The van der Waals surface area contributed by atoms with Crippen molar-refractivity contribution >= 4 is 5.91 Å². The molecule has 0 spiro atoms. The molecule has 4 rings (SSSR count). The molecule has 0 bridgehead atoms. The summed E-state index contributed by atoms with van der Waals surface area (Å²) in [5.41, 5.74) is 3.28. The van der Waals surface area contributed by atoms with Crippen molar-refractivity contribution in [3.8, 4) is 11.5 Å². The molecule has 1 fully saturated rings. The second-order valence-corrected chi connectivity index (χ2v) is 5.73. The van der Waals surface area contributed by atoms with Gasteiger partial charge in [0, 0.05) is 25.0 Å². The van der Waals surface area contributed by atoms with Gasteiger partial charge in [0.2, 0.25) is 0 Å². The van der Waals surface area contributed by atoms with Gasteiger partial charge in [-0.1, -0.05) is 6.07 Å². The molecule has 0 aromatic carbocycles. The fourth-order valence-corrected chi connectivity index (χ4v) is 2.51. The molecule has 1 amide bonds. The number of nitrogens with one attached hydrogen (secondary N) is 2. The normalized spacial score (nSPS) is 13.9. The van der Waals surface area contributed by atoms with Crippen LogP contribution in [0.25, 0.3) is 11.5 Å². The summed E-state index contributed by atoms with van der Waals surface area (Å²) in [6.07, 6.45) is 7.74. The van der Waals surface area contributed by atoms with Crippen molar-refractivity contribution in [2.75, 3.05) is 0 Å². The summed E-state index contributed by atoms with van der Waals surface area (Å²) in [5.74, 6) is 1.08. The first-order chi connectivity index (χ1) is 11.3. The van der Waals surface area contributed by atoms with Crippen molar-refractivity contribution in [1.29, 1.82) is 0 Å². The fourth-order valence-electron chi connectivity index (χ4n) is 2.51. The molecule has 6 heteroatoms. The van der Waals surface area contributed by atoms with E-state index in [9.17, 15) is 4.79 Å². The third-order valence-corrected chi connectivity index (χ3v) is 3.91. The molecule has 0 aliphatic heterocycles. The summed E-state index contributed by atoms with van der Waals surface area (Å²) in [5, 5.41) is 9.70. The van der Waals surface area contributed by atoms with Crippen LogP contribution >= 0.6 is 0 Å². The second-order valence-electron chi connectivity index (χ2n) is 5.73. The number of amides is 1. The minimum atomic E-state index is -0.226. The highest BCUT2D eigenvalue weighted by atomic mass is 16.3. The number of rotatable bonds is 5. The van der Waals surface area contributed by atoms with Crippen molar-refractivity contribution in [3.63, 3.8) is 0 Å². The Morgan fingerprint density at radius 3 is 3.04 bits per heavy atom. The molecule has 0 radical (unpaired) electrons. The van der Waals surface area contributed by atoms with Crippen LogP contribution in [0.15, 0.2) is 47.3 Å². The quantitative estimate of drug-likeness (QED) is 0.759. The van der Waals surface area contributed by atoms with Gasteiger partial charge in [0.05, 0.1) is 6.26 Å². The third-order valence-electron chi connectivity index (χ3n) is 3.91. The number of aromatic nitrogens is 3. The maximum Gasteiger partial charge on any atom is 0.272 e. The van der Waals surface area contributed by atoms with E-state index in [4.69, 9.17) is 4.42 Å². The standard InChI is InChI=1S/C17H16N4O2/c22-17(15-7-14(20-21-15)16-2-1-5-23-16)19-9-11-6-13(10-18-8-11)12-3-4-12/h1-2,5-8,10,12H,3-4,9H2,(H,19,22)(H,20,21). The van der Waals surface area contributed by atoms with Crippen LogP contribution in [0.3, 0.4) is 0 Å². The highest BCUT2D eigenvalue weighted by Crippen LogP contribution is 2.39. The zero-order valence-electron chi connectivity index (χ0n) is 12.5. The molecule has 1 saturated carbocycles. The Morgan fingerprint density at radius 1 is 1.35 bits per heavy atom. The van der Waals surface area contributed by atoms with Crippen LogP contribution in [0.1, 0.15) is 40.4 Å². The van der Waals surface area contributed by atoms with Gasteiger partial charge in [0.1, 0.15) is 5.69 Å². The zero-order chi connectivity index (χ0) is 15.6. The van der Waals surface area contributed by atoms with Gasteiger partial charge in [-0.05, 0) is 42.0 Å². The van der Waals surface area contributed by atoms with Crippen LogP contribution in [-0.2, 0) is 6.54 Å². The average molecular weight is 308 g/mol. The first kappa shape index (κ1) is 13.8. The monoisotopic (exact) mass is 308 g/mol. The number of nitrogens with zero attached hydrogens (tertiary/aromatic N) is 2. The van der Waals surface area contributed by atoms with Crippen LogP contribution in [0.4, 0.5) is 0 Å². The SMILES string of the molecule is O=C(NCc1cncc(C2CC2)c1)c1cc(-c2ccco2)[nH]n1. The van der Waals surface area contributed by atoms with Gasteiger partial charge in [-0.25, -0.2) is 0 Å². The Bertz CT molecular complexity index is 819. The van der Waals surface area contributed by atoms with Crippen LogP contribution in [0.2, 0.25) is 0 Å². The molecule has 0 saturated heterocycles. The zero-order valence-corrected chi connectivity index (χ0v) is 12.5. The van der Waals surface area contributed by atoms with Gasteiger partial charge in [0.15, 0.2) is 11.5 Å². The van der Waals surface area contributed by atoms with Crippen molar-refractivity contribution in [3.05, 3.63) is 59.7 Å². The minimum Gasteiger partial charge on any atom is -0.463 e. The van der Waals surface area contributed by atoms with E-state index in [0.717, 1.165) is 5.56 Å². The van der Waals surface area contributed by atoms with E-state index in [1.165, 1.54) is 18.4 Å². The van der Waals surface area contributed by atoms with Crippen LogP contribution in [0, 0.1) is 0 Å². The van der Waals surface area contributed by atoms with Crippen LogP contribution in [-0.4, -0.2) is 21.1 Å². The summed E-state index contributed by atoms with van der Waals surface area (Å²) in [7, 11) is 0. The summed E-state index contributed by atoms with van der Waals surface area (Å²) in [4.78, 5) is 16.4. The first-order valence-corrected chi connectivity index (χ1v) is 7.61. The summed E-state index contributed by atoms with van der Waals surface area (Å²) in [6, 6.07) is 7.39. The van der Waals surface area contributed by atoms with Gasteiger partial charge in [-0.2, -0.15) is 5.10 Å². The minimum absolute atomic E-state index is 0.226. The molecule has 3 heterocycles. The maximum absolute atomic E-state index is 12.2. The Kier molecular flexibility index (Phi) is 3.42. The number of pyridine rings is 1. The Hall–Kier alpha value is -2.89. The molecule has 3 aromatic rings. The molecule has 23 heavy (non-hydrogen) atoms. The van der Waals surface area contributed by atoms with Crippen molar-refractivity contribution in [2.45, 2.75) is 25.3 Å². The molecule has 6 nitrogen and oxygen atoms in total. The van der Waals surface area contributed by atoms with Crippen LogP contribution in [0.5, 0.6) is 0 Å². The van der Waals surface area contributed by atoms with Gasteiger partial charge in [-0.3, -0.25) is 14.9 Å². The molecule has 3 aromatic heterocycles. The Labute approximate surface area is 132 Å². The van der Waals surface area contributed by atoms with E-state index in [0.29, 0.717) is 29.6 Å². The summed E-state index contributed by atoms with van der Waals surface area (Å²) in [6.45, 7) is 0.440. The number of carbonyl (C=O) groups excluding carboxylic acids is 1. The molecule has 0 unspecified atom stereocenters. The highest BCUT2D eigenvalue weighted by molar-refractivity contribution is 5.93. The van der Waals surface area contributed by atoms with Gasteiger partial charge < -0.3 is 9.73 Å². The molecular formula is C17H16N4O2. The Morgan fingerprint density at radius 2 is 2.26 bits per heavy atom. The first-order valence-electron chi connectivity index (χ1n) is 7.61. The van der Waals surface area contributed by atoms with Gasteiger partial charge in [-0.15, -0.1) is 0 Å². The average Bonchev–Trinajstić information content (AvgIpc) is 3.08. The lowest BCUT2D eigenvalue weighted by molar-refractivity contribution is 0.0946. The van der Waals surface area contributed by atoms with E-state index in [1.54, 1.807) is 24.6 Å². The topological polar surface area (TPSA) is 83.8 Å². The molecule has 0 atom stereocenters. The molecule has 1 aliphatic carbocycles. The Balaban J connectivity index is 1.41. The predicted molar refractivity (Wildman–Crippen MR) is 83.7 cm³/mol. The van der Waals surface area contributed by atoms with Crippen molar-refractivity contribution in [2.24, 2.45) is 0 Å². The van der Waals surface area contributed by atoms with E-state index in [2.05, 4.69) is 26.6 Å². The second kappa shape index (κ2) is 5.72. The lowest BCUT2D eigenvalue weighted by atomic mass is 10.1. The number of aromatic amines is 1. The summed E-state index contributed by atoms with van der Waals surface area (Å²) >= 11 is 0. The largest absolute Gasteiger partial charge is 0.463 e. The third kappa shape index (κ3) is 3.01. The number of furan rings is 1. The fraction of sp³-hybridized carbons (Fsp3) is 0.235. The highest BCUT2D eigenvalue weighted by Gasteiger charge is 2.23. The lowest BCUT2D eigenvalue weighted by Crippen LogP contribution is -2.23. The van der Waals surface area contributed by atoms with E-state index >= 15 is 0 Å². The molecule has 1 aliphatic rings. The summed E-state index contributed by atoms with van der Waals surface area (Å²) < 4.78 is 5.27. The van der Waals surface area contributed by atoms with E-state index in [1.807, 2.05) is 12.3 Å². The molecule has 2 N–H and O–H groups in total. The number of carbonyl (C=O) groups is 1. The van der Waals surface area contributed by atoms with Crippen molar-refractivity contribution in [1.82, 2.24) is 20.5 Å². The predicted octanol–water partition coefficient (Wildman–Crippen LogP) is 2.87. The molecule has 116 valence electrons.